The van der Waals surface area contributed by atoms with E-state index in [1.807, 2.05) is 6.92 Å². The number of nitrogens with one attached hydrogen (secondary N) is 1. The maximum absolute atomic E-state index is 12.4. The summed E-state index contributed by atoms with van der Waals surface area (Å²) in [4.78, 5) is 13.8. The van der Waals surface area contributed by atoms with Crippen LogP contribution in [0.25, 0.3) is 0 Å². The van der Waals surface area contributed by atoms with E-state index >= 15 is 0 Å². The Morgan fingerprint density at radius 3 is 2.52 bits per heavy atom. The van der Waals surface area contributed by atoms with Crippen molar-refractivity contribution >= 4 is 43.2 Å². The predicted octanol–water partition coefficient (Wildman–Crippen LogP) is 3.16. The summed E-state index contributed by atoms with van der Waals surface area (Å²) < 4.78 is 28.2. The van der Waals surface area contributed by atoms with Crippen LogP contribution in [-0.2, 0) is 21.2 Å². The lowest BCUT2D eigenvalue weighted by Gasteiger charge is -2.15. The minimum absolute atomic E-state index is 0.0374. The fraction of sp³-hybridized carbons (Fsp3) is 0.188. The molecular formula is C16H15BrN2O3S. The molecule has 1 heterocycles. The largest absolute Gasteiger partial charge is 0.312 e. The first-order valence-corrected chi connectivity index (χ1v) is 9.40. The third kappa shape index (κ3) is 3.11. The number of carbonyl (C=O) groups is 1. The second-order valence-corrected chi connectivity index (χ2v) is 7.82. The van der Waals surface area contributed by atoms with Crippen molar-refractivity contribution in [2.75, 3.05) is 16.2 Å². The van der Waals surface area contributed by atoms with Crippen LogP contribution in [0.3, 0.4) is 0 Å². The molecule has 0 saturated carbocycles. The number of sulfonamides is 1. The zero-order chi connectivity index (χ0) is 16.6. The van der Waals surface area contributed by atoms with Gasteiger partial charge in [-0.15, -0.1) is 0 Å². The van der Waals surface area contributed by atoms with Crippen molar-refractivity contribution in [1.82, 2.24) is 0 Å². The number of carbonyl (C=O) groups excluding carboxylic acids is 1. The second kappa shape index (κ2) is 5.98. The van der Waals surface area contributed by atoms with Crippen LogP contribution in [0.1, 0.15) is 12.5 Å². The number of halogens is 1. The van der Waals surface area contributed by atoms with Gasteiger partial charge in [0.2, 0.25) is 5.91 Å². The summed E-state index contributed by atoms with van der Waals surface area (Å²) in [6.45, 7) is 2.52. The van der Waals surface area contributed by atoms with E-state index in [0.717, 1.165) is 15.7 Å². The average molecular weight is 395 g/mol. The number of hydrogen-bond donors (Lipinski definition) is 1. The summed E-state index contributed by atoms with van der Waals surface area (Å²) in [5.41, 5.74) is 2.15. The number of anilines is 2. The molecule has 0 atom stereocenters. The predicted molar refractivity (Wildman–Crippen MR) is 93.1 cm³/mol. The zero-order valence-corrected chi connectivity index (χ0v) is 14.8. The highest BCUT2D eigenvalue weighted by Gasteiger charge is 2.26. The molecule has 2 aromatic carbocycles. The lowest BCUT2D eigenvalue weighted by atomic mass is 10.1. The first-order valence-electron chi connectivity index (χ1n) is 7.12. The van der Waals surface area contributed by atoms with E-state index in [0.29, 0.717) is 18.7 Å². The molecule has 1 aliphatic heterocycles. The summed E-state index contributed by atoms with van der Waals surface area (Å²) in [7, 11) is -3.65. The molecule has 1 amide bonds. The molecule has 3 rings (SSSR count). The van der Waals surface area contributed by atoms with Crippen LogP contribution < -0.4 is 9.62 Å². The number of fused-ring (bicyclic) bond motifs is 1. The Balaban J connectivity index is 1.88. The molecule has 2 aromatic rings. The SMILES string of the molecule is CCN1C(=O)Cc2cc(NS(=O)(=O)c3ccc(Br)cc3)ccc21. The Bertz CT molecular complexity index is 863. The molecule has 1 aliphatic rings. The van der Waals surface area contributed by atoms with Crippen LogP contribution in [0.15, 0.2) is 51.8 Å². The monoisotopic (exact) mass is 394 g/mol. The molecule has 0 aromatic heterocycles. The summed E-state index contributed by atoms with van der Waals surface area (Å²) >= 11 is 3.28. The highest BCUT2D eigenvalue weighted by atomic mass is 79.9. The average Bonchev–Trinajstić information content (AvgIpc) is 2.81. The molecule has 0 radical (unpaired) electrons. The fourth-order valence-electron chi connectivity index (χ4n) is 2.62. The van der Waals surface area contributed by atoms with Gasteiger partial charge in [0.1, 0.15) is 0 Å². The van der Waals surface area contributed by atoms with Crippen LogP contribution >= 0.6 is 15.9 Å². The van der Waals surface area contributed by atoms with Crippen molar-refractivity contribution in [3.63, 3.8) is 0 Å². The van der Waals surface area contributed by atoms with Crippen molar-refractivity contribution < 1.29 is 13.2 Å². The molecule has 0 spiro atoms. The van der Waals surface area contributed by atoms with Crippen molar-refractivity contribution in [3.05, 3.63) is 52.5 Å². The van der Waals surface area contributed by atoms with E-state index in [1.165, 1.54) is 12.1 Å². The van der Waals surface area contributed by atoms with Gasteiger partial charge >= 0.3 is 0 Å². The molecule has 7 heteroatoms. The van der Waals surface area contributed by atoms with Crippen LogP contribution in [0.4, 0.5) is 11.4 Å². The van der Waals surface area contributed by atoms with Crippen molar-refractivity contribution in [1.29, 1.82) is 0 Å². The first-order chi connectivity index (χ1) is 10.9. The van der Waals surface area contributed by atoms with Crippen molar-refractivity contribution in [2.24, 2.45) is 0 Å². The molecule has 23 heavy (non-hydrogen) atoms. The lowest BCUT2D eigenvalue weighted by molar-refractivity contribution is -0.117. The van der Waals surface area contributed by atoms with Crippen LogP contribution in [0.2, 0.25) is 0 Å². The Kier molecular flexibility index (Phi) is 4.16. The molecule has 0 saturated heterocycles. The number of hydrogen-bond acceptors (Lipinski definition) is 3. The number of nitrogens with zero attached hydrogens (tertiary/aromatic N) is 1. The summed E-state index contributed by atoms with van der Waals surface area (Å²) in [6, 6.07) is 11.6. The Hall–Kier alpha value is -1.86. The van der Waals surface area contributed by atoms with Gasteiger partial charge in [-0.25, -0.2) is 8.42 Å². The number of likely N-dealkylation sites (N-methyl/N-ethyl adjacent to an activating group) is 1. The molecule has 0 unspecified atom stereocenters. The van der Waals surface area contributed by atoms with E-state index in [1.54, 1.807) is 35.2 Å². The van der Waals surface area contributed by atoms with Crippen LogP contribution in [0.5, 0.6) is 0 Å². The molecule has 0 aliphatic carbocycles. The Labute approximate surface area is 143 Å². The topological polar surface area (TPSA) is 66.5 Å². The van der Waals surface area contributed by atoms with E-state index < -0.39 is 10.0 Å². The van der Waals surface area contributed by atoms with E-state index in [2.05, 4.69) is 20.7 Å². The van der Waals surface area contributed by atoms with Gasteiger partial charge in [-0.3, -0.25) is 9.52 Å². The molecule has 5 nitrogen and oxygen atoms in total. The molecule has 120 valence electrons. The van der Waals surface area contributed by atoms with Gasteiger partial charge in [0.15, 0.2) is 0 Å². The van der Waals surface area contributed by atoms with E-state index in [-0.39, 0.29) is 10.8 Å². The quantitative estimate of drug-likeness (QED) is 0.865. The minimum Gasteiger partial charge on any atom is -0.312 e. The minimum atomic E-state index is -3.65. The van der Waals surface area contributed by atoms with Gasteiger partial charge in [-0.05, 0) is 55.0 Å². The summed E-state index contributed by atoms with van der Waals surface area (Å²) in [5, 5.41) is 0. The maximum atomic E-state index is 12.4. The molecule has 0 fully saturated rings. The third-order valence-electron chi connectivity index (χ3n) is 3.71. The number of benzene rings is 2. The lowest BCUT2D eigenvalue weighted by Crippen LogP contribution is -2.25. The van der Waals surface area contributed by atoms with Crippen molar-refractivity contribution in [3.8, 4) is 0 Å². The smallest absolute Gasteiger partial charge is 0.261 e. The maximum Gasteiger partial charge on any atom is 0.261 e. The summed E-state index contributed by atoms with van der Waals surface area (Å²) in [5.74, 6) is 0.0374. The molecular weight excluding hydrogens is 380 g/mol. The Morgan fingerprint density at radius 1 is 1.17 bits per heavy atom. The van der Waals surface area contributed by atoms with E-state index in [9.17, 15) is 13.2 Å². The van der Waals surface area contributed by atoms with Crippen LogP contribution in [0, 0.1) is 0 Å². The van der Waals surface area contributed by atoms with Gasteiger partial charge in [-0.2, -0.15) is 0 Å². The highest BCUT2D eigenvalue weighted by Crippen LogP contribution is 2.31. The third-order valence-corrected chi connectivity index (χ3v) is 5.63. The zero-order valence-electron chi connectivity index (χ0n) is 12.4. The standard InChI is InChI=1S/C16H15BrN2O3S/c1-2-19-15-8-5-13(9-11(15)10-16(19)20)18-23(21,22)14-6-3-12(17)4-7-14/h3-9,18H,2,10H2,1H3. The molecule has 1 N–H and O–H groups in total. The second-order valence-electron chi connectivity index (χ2n) is 5.22. The normalized spacial score (nSPS) is 14.0. The van der Waals surface area contributed by atoms with Gasteiger partial charge in [0.05, 0.1) is 11.3 Å². The fourth-order valence-corrected chi connectivity index (χ4v) is 3.93. The Morgan fingerprint density at radius 2 is 1.87 bits per heavy atom. The van der Waals surface area contributed by atoms with Gasteiger partial charge in [0, 0.05) is 22.4 Å². The summed E-state index contributed by atoms with van der Waals surface area (Å²) in [6.07, 6.45) is 0.303. The number of rotatable bonds is 4. The van der Waals surface area contributed by atoms with Crippen LogP contribution in [-0.4, -0.2) is 20.9 Å². The van der Waals surface area contributed by atoms with Crippen molar-refractivity contribution in [2.45, 2.75) is 18.2 Å². The van der Waals surface area contributed by atoms with Gasteiger partial charge in [0.25, 0.3) is 10.0 Å². The molecule has 0 bridgehead atoms. The van der Waals surface area contributed by atoms with Gasteiger partial charge in [-0.1, -0.05) is 15.9 Å². The number of amides is 1. The van der Waals surface area contributed by atoms with E-state index in [4.69, 9.17) is 0 Å². The first kappa shape index (κ1) is 16.0. The van der Waals surface area contributed by atoms with Gasteiger partial charge < -0.3 is 4.90 Å². The highest BCUT2D eigenvalue weighted by molar-refractivity contribution is 9.10.